The highest BCUT2D eigenvalue weighted by atomic mass is 16.5. The van der Waals surface area contributed by atoms with Crippen molar-refractivity contribution < 1.29 is 9.47 Å². The van der Waals surface area contributed by atoms with Gasteiger partial charge in [0.15, 0.2) is 11.5 Å². The lowest BCUT2D eigenvalue weighted by molar-refractivity contribution is 0.283. The van der Waals surface area contributed by atoms with Crippen LogP contribution < -0.4 is 14.8 Å². The molecule has 134 valence electrons. The molecule has 0 bridgehead atoms. The molecule has 0 aliphatic carbocycles. The van der Waals surface area contributed by atoms with E-state index in [0.717, 1.165) is 35.8 Å². The van der Waals surface area contributed by atoms with Gasteiger partial charge in [-0.2, -0.15) is 0 Å². The van der Waals surface area contributed by atoms with Crippen molar-refractivity contribution in [1.29, 1.82) is 0 Å². The molecule has 3 aromatic rings. The fraction of sp³-hybridized carbons (Fsp3) is 0.227. The van der Waals surface area contributed by atoms with Crippen molar-refractivity contribution in [3.8, 4) is 11.5 Å². The van der Waals surface area contributed by atoms with E-state index in [4.69, 9.17) is 9.47 Å². The summed E-state index contributed by atoms with van der Waals surface area (Å²) in [6, 6.07) is 20.2. The van der Waals surface area contributed by atoms with Gasteiger partial charge in [0.1, 0.15) is 6.61 Å². The molecule has 0 aliphatic heterocycles. The van der Waals surface area contributed by atoms with E-state index in [1.807, 2.05) is 42.5 Å². The van der Waals surface area contributed by atoms with Crippen LogP contribution in [0.3, 0.4) is 0 Å². The van der Waals surface area contributed by atoms with Crippen molar-refractivity contribution >= 4 is 0 Å². The van der Waals surface area contributed by atoms with Gasteiger partial charge in [0.2, 0.25) is 0 Å². The van der Waals surface area contributed by atoms with Gasteiger partial charge in [0.25, 0.3) is 0 Å². The Morgan fingerprint density at radius 1 is 0.923 bits per heavy atom. The van der Waals surface area contributed by atoms with Crippen LogP contribution in [0.4, 0.5) is 0 Å². The lowest BCUT2D eigenvalue weighted by Crippen LogP contribution is -2.13. The van der Waals surface area contributed by atoms with E-state index < -0.39 is 0 Å². The molecule has 1 heterocycles. The molecule has 1 aromatic heterocycles. The van der Waals surface area contributed by atoms with Crippen molar-refractivity contribution in [2.45, 2.75) is 26.6 Å². The van der Waals surface area contributed by atoms with Gasteiger partial charge in [0, 0.05) is 19.3 Å². The molecule has 0 saturated carbocycles. The van der Waals surface area contributed by atoms with Crippen molar-refractivity contribution in [3.05, 3.63) is 89.2 Å². The molecule has 0 saturated heterocycles. The average Bonchev–Trinajstić information content (AvgIpc) is 2.68. The van der Waals surface area contributed by atoms with Gasteiger partial charge in [0.05, 0.1) is 12.8 Å². The molecule has 0 radical (unpaired) electrons. The van der Waals surface area contributed by atoms with Gasteiger partial charge in [-0.3, -0.25) is 4.98 Å². The summed E-state index contributed by atoms with van der Waals surface area (Å²) >= 11 is 0. The second kappa shape index (κ2) is 9.02. The van der Waals surface area contributed by atoms with Gasteiger partial charge in [-0.15, -0.1) is 0 Å². The Kier molecular flexibility index (Phi) is 6.23. The lowest BCUT2D eigenvalue weighted by atomic mass is 10.1. The summed E-state index contributed by atoms with van der Waals surface area (Å²) in [6.07, 6.45) is 1.81. The van der Waals surface area contributed by atoms with Crippen LogP contribution in [0.5, 0.6) is 11.5 Å². The number of benzene rings is 2. The largest absolute Gasteiger partial charge is 0.493 e. The molecule has 4 nitrogen and oxygen atoms in total. The highest BCUT2D eigenvalue weighted by Gasteiger charge is 2.07. The number of ether oxygens (including phenoxy) is 2. The molecule has 0 unspecified atom stereocenters. The zero-order chi connectivity index (χ0) is 18.2. The fourth-order valence-electron chi connectivity index (χ4n) is 2.71. The summed E-state index contributed by atoms with van der Waals surface area (Å²) in [5, 5.41) is 3.40. The first kappa shape index (κ1) is 18.0. The molecule has 0 fully saturated rings. The normalized spacial score (nSPS) is 10.5. The number of hydrogen-bond donors (Lipinski definition) is 1. The summed E-state index contributed by atoms with van der Waals surface area (Å²) in [4.78, 5) is 4.31. The number of aryl methyl sites for hydroxylation is 1. The molecule has 3 rings (SSSR count). The van der Waals surface area contributed by atoms with Crippen LogP contribution in [0, 0.1) is 6.92 Å². The maximum atomic E-state index is 5.97. The van der Waals surface area contributed by atoms with Crippen LogP contribution in [0.1, 0.15) is 22.4 Å². The van der Waals surface area contributed by atoms with Crippen LogP contribution in [0.15, 0.2) is 66.9 Å². The summed E-state index contributed by atoms with van der Waals surface area (Å²) in [5.74, 6) is 1.50. The van der Waals surface area contributed by atoms with E-state index >= 15 is 0 Å². The minimum Gasteiger partial charge on any atom is -0.493 e. The van der Waals surface area contributed by atoms with Crippen molar-refractivity contribution in [1.82, 2.24) is 10.3 Å². The van der Waals surface area contributed by atoms with Crippen LogP contribution in [0.2, 0.25) is 0 Å². The summed E-state index contributed by atoms with van der Waals surface area (Å²) < 4.78 is 11.5. The molecular formula is C22H24N2O2. The van der Waals surface area contributed by atoms with Crippen LogP contribution >= 0.6 is 0 Å². The summed E-state index contributed by atoms with van der Waals surface area (Å²) in [5.41, 5.74) is 4.57. The first-order valence-electron chi connectivity index (χ1n) is 8.71. The SMILES string of the molecule is COc1cc(CNCc2ccccn2)ccc1OCc1ccccc1C. The molecule has 26 heavy (non-hydrogen) atoms. The van der Waals surface area contributed by atoms with Crippen LogP contribution in [-0.2, 0) is 19.7 Å². The molecule has 4 heteroatoms. The lowest BCUT2D eigenvalue weighted by Gasteiger charge is -2.13. The van der Waals surface area contributed by atoms with Crippen molar-refractivity contribution in [3.63, 3.8) is 0 Å². The molecule has 0 amide bonds. The summed E-state index contributed by atoms with van der Waals surface area (Å²) in [7, 11) is 1.67. The van der Waals surface area contributed by atoms with E-state index in [9.17, 15) is 0 Å². The monoisotopic (exact) mass is 348 g/mol. The Balaban J connectivity index is 1.59. The Hall–Kier alpha value is -2.85. The number of methoxy groups -OCH3 is 1. The highest BCUT2D eigenvalue weighted by Crippen LogP contribution is 2.29. The topological polar surface area (TPSA) is 43.4 Å². The maximum Gasteiger partial charge on any atom is 0.161 e. The quantitative estimate of drug-likeness (QED) is 0.660. The average molecular weight is 348 g/mol. The second-order valence-corrected chi connectivity index (χ2v) is 6.12. The number of nitrogens with zero attached hydrogens (tertiary/aromatic N) is 1. The number of rotatable bonds is 8. The maximum absolute atomic E-state index is 5.97. The zero-order valence-electron chi connectivity index (χ0n) is 15.2. The minimum absolute atomic E-state index is 0.528. The standard InChI is InChI=1S/C22H24N2O2/c1-17-7-3-4-8-19(17)16-26-21-11-10-18(13-22(21)25-2)14-23-15-20-9-5-6-12-24-20/h3-13,23H,14-16H2,1-2H3. The number of pyridine rings is 1. The van der Waals surface area contributed by atoms with Crippen molar-refractivity contribution in [2.24, 2.45) is 0 Å². The molecule has 0 spiro atoms. The zero-order valence-corrected chi connectivity index (χ0v) is 15.2. The van der Waals surface area contributed by atoms with Gasteiger partial charge < -0.3 is 14.8 Å². The van der Waals surface area contributed by atoms with Gasteiger partial charge in [-0.1, -0.05) is 36.4 Å². The molecular weight excluding hydrogens is 324 g/mol. The Bertz CT molecular complexity index is 835. The van der Waals surface area contributed by atoms with E-state index in [1.165, 1.54) is 11.1 Å². The predicted octanol–water partition coefficient (Wildman–Crippen LogP) is 4.27. The van der Waals surface area contributed by atoms with E-state index in [1.54, 1.807) is 13.3 Å². The predicted molar refractivity (Wildman–Crippen MR) is 103 cm³/mol. The number of nitrogens with one attached hydrogen (secondary N) is 1. The molecule has 0 atom stereocenters. The number of hydrogen-bond acceptors (Lipinski definition) is 4. The van der Waals surface area contributed by atoms with Gasteiger partial charge in [-0.05, 0) is 47.9 Å². The smallest absolute Gasteiger partial charge is 0.161 e. The highest BCUT2D eigenvalue weighted by molar-refractivity contribution is 5.43. The Morgan fingerprint density at radius 3 is 2.54 bits per heavy atom. The van der Waals surface area contributed by atoms with Crippen molar-refractivity contribution in [2.75, 3.05) is 7.11 Å². The first-order chi connectivity index (χ1) is 12.8. The van der Waals surface area contributed by atoms with Crippen LogP contribution in [0.25, 0.3) is 0 Å². The Labute approximate surface area is 154 Å². The van der Waals surface area contributed by atoms with E-state index in [-0.39, 0.29) is 0 Å². The first-order valence-corrected chi connectivity index (χ1v) is 8.71. The van der Waals surface area contributed by atoms with E-state index in [2.05, 4.69) is 35.4 Å². The molecule has 2 aromatic carbocycles. The van der Waals surface area contributed by atoms with Gasteiger partial charge >= 0.3 is 0 Å². The molecule has 1 N–H and O–H groups in total. The fourth-order valence-corrected chi connectivity index (χ4v) is 2.71. The van der Waals surface area contributed by atoms with E-state index in [0.29, 0.717) is 6.61 Å². The number of aromatic nitrogens is 1. The molecule has 0 aliphatic rings. The third-order valence-electron chi connectivity index (χ3n) is 4.23. The Morgan fingerprint density at radius 2 is 1.77 bits per heavy atom. The summed E-state index contributed by atoms with van der Waals surface area (Å²) in [6.45, 7) is 4.09. The van der Waals surface area contributed by atoms with Crippen LogP contribution in [-0.4, -0.2) is 12.1 Å². The third kappa shape index (κ3) is 4.83. The minimum atomic E-state index is 0.528. The third-order valence-corrected chi connectivity index (χ3v) is 4.23. The second-order valence-electron chi connectivity index (χ2n) is 6.12. The van der Waals surface area contributed by atoms with Gasteiger partial charge in [-0.25, -0.2) is 0 Å².